The molecule has 0 heterocycles. The summed E-state index contributed by atoms with van der Waals surface area (Å²) in [6.07, 6.45) is 10.2. The number of sulfonamides is 1. The minimum absolute atomic E-state index is 0.116. The number of hydrogen-bond acceptors (Lipinski definition) is 2. The van der Waals surface area contributed by atoms with Crippen LogP contribution in [0.2, 0.25) is 0 Å². The lowest BCUT2D eigenvalue weighted by Gasteiger charge is -2.32. The van der Waals surface area contributed by atoms with Crippen molar-refractivity contribution in [2.24, 2.45) is 5.92 Å². The fourth-order valence-electron chi connectivity index (χ4n) is 3.66. The van der Waals surface area contributed by atoms with Crippen LogP contribution in [-0.2, 0) is 22.9 Å². The summed E-state index contributed by atoms with van der Waals surface area (Å²) in [5.41, 5.74) is 2.79. The fraction of sp³-hybridized carbons (Fsp3) is 0.714. The Morgan fingerprint density at radius 3 is 2.24 bits per heavy atom. The van der Waals surface area contributed by atoms with E-state index in [4.69, 9.17) is 0 Å². The van der Waals surface area contributed by atoms with Gasteiger partial charge in [-0.05, 0) is 69.4 Å². The molecule has 0 spiro atoms. The van der Waals surface area contributed by atoms with Gasteiger partial charge >= 0.3 is 0 Å². The van der Waals surface area contributed by atoms with Gasteiger partial charge in [0.1, 0.15) is 0 Å². The van der Waals surface area contributed by atoms with Gasteiger partial charge in [0.15, 0.2) is 0 Å². The van der Waals surface area contributed by atoms with Crippen LogP contribution in [0, 0.1) is 5.92 Å². The SMILES string of the molecule is CCCCc1ccc(CCC2CCCCC2NS(=O)(=O)C(C)C)cc1. The van der Waals surface area contributed by atoms with E-state index in [0.29, 0.717) is 5.92 Å². The highest BCUT2D eigenvalue weighted by atomic mass is 32.2. The van der Waals surface area contributed by atoms with Gasteiger partial charge in [0, 0.05) is 6.04 Å². The van der Waals surface area contributed by atoms with Crippen molar-refractivity contribution in [3.63, 3.8) is 0 Å². The highest BCUT2D eigenvalue weighted by Gasteiger charge is 2.29. The van der Waals surface area contributed by atoms with E-state index in [1.54, 1.807) is 13.8 Å². The predicted molar refractivity (Wildman–Crippen MR) is 106 cm³/mol. The molecule has 3 nitrogen and oxygen atoms in total. The van der Waals surface area contributed by atoms with E-state index in [2.05, 4.69) is 35.9 Å². The average Bonchev–Trinajstić information content (AvgIpc) is 2.59. The number of hydrogen-bond donors (Lipinski definition) is 1. The highest BCUT2D eigenvalue weighted by molar-refractivity contribution is 7.90. The lowest BCUT2D eigenvalue weighted by Crippen LogP contribution is -2.44. The Labute approximate surface area is 154 Å². The first-order valence-corrected chi connectivity index (χ1v) is 11.6. The summed E-state index contributed by atoms with van der Waals surface area (Å²) < 4.78 is 27.4. The summed E-state index contributed by atoms with van der Waals surface area (Å²) in [5, 5.41) is -0.356. The maximum Gasteiger partial charge on any atom is 0.214 e. The molecule has 0 aliphatic heterocycles. The van der Waals surface area contributed by atoms with Gasteiger partial charge in [0.2, 0.25) is 10.0 Å². The third-order valence-corrected chi connectivity index (χ3v) is 7.36. The van der Waals surface area contributed by atoms with Crippen LogP contribution in [0.1, 0.15) is 76.8 Å². The molecule has 0 aromatic heterocycles. The number of aryl methyl sites for hydroxylation is 2. The molecule has 1 saturated carbocycles. The third kappa shape index (κ3) is 6.41. The molecule has 2 atom stereocenters. The molecule has 0 amide bonds. The zero-order valence-corrected chi connectivity index (χ0v) is 16.9. The molecule has 1 N–H and O–H groups in total. The largest absolute Gasteiger partial charge is 0.214 e. The standard InChI is InChI=1S/C21H35NO2S/c1-4-5-8-18-11-13-19(14-12-18)15-16-20-9-6-7-10-21(20)22-25(23,24)17(2)3/h11-14,17,20-22H,4-10,15-16H2,1-3H3. The minimum atomic E-state index is -3.18. The van der Waals surface area contributed by atoms with Crippen molar-refractivity contribution in [1.82, 2.24) is 4.72 Å². The monoisotopic (exact) mass is 365 g/mol. The summed E-state index contributed by atoms with van der Waals surface area (Å²) in [5.74, 6) is 0.460. The van der Waals surface area contributed by atoms with E-state index in [9.17, 15) is 8.42 Å². The van der Waals surface area contributed by atoms with Crippen LogP contribution in [0.3, 0.4) is 0 Å². The Bertz CT molecular complexity index is 607. The van der Waals surface area contributed by atoms with E-state index in [0.717, 1.165) is 32.1 Å². The lowest BCUT2D eigenvalue weighted by atomic mass is 9.81. The van der Waals surface area contributed by atoms with Crippen LogP contribution in [0.5, 0.6) is 0 Å². The van der Waals surface area contributed by atoms with Crippen LogP contribution in [0.25, 0.3) is 0 Å². The molecule has 1 fully saturated rings. The molecule has 1 aliphatic carbocycles. The molecule has 1 aromatic rings. The summed E-state index contributed by atoms with van der Waals surface area (Å²) in [6.45, 7) is 5.73. The Morgan fingerprint density at radius 2 is 1.64 bits per heavy atom. The zero-order valence-electron chi connectivity index (χ0n) is 16.1. The van der Waals surface area contributed by atoms with E-state index >= 15 is 0 Å². The van der Waals surface area contributed by atoms with Crippen molar-refractivity contribution in [3.8, 4) is 0 Å². The molecular weight excluding hydrogens is 330 g/mol. The molecule has 2 rings (SSSR count). The van der Waals surface area contributed by atoms with Crippen molar-refractivity contribution in [2.75, 3.05) is 0 Å². The summed E-state index contributed by atoms with van der Waals surface area (Å²) in [4.78, 5) is 0. The number of unbranched alkanes of at least 4 members (excludes halogenated alkanes) is 1. The van der Waals surface area contributed by atoms with Crippen LogP contribution >= 0.6 is 0 Å². The fourth-order valence-corrected chi connectivity index (χ4v) is 4.67. The van der Waals surface area contributed by atoms with Crippen LogP contribution < -0.4 is 4.72 Å². The zero-order chi connectivity index (χ0) is 18.3. The van der Waals surface area contributed by atoms with Gasteiger partial charge in [0.05, 0.1) is 5.25 Å². The number of nitrogens with one attached hydrogen (secondary N) is 1. The van der Waals surface area contributed by atoms with E-state index in [1.165, 1.54) is 36.8 Å². The highest BCUT2D eigenvalue weighted by Crippen LogP contribution is 2.29. The number of rotatable bonds is 9. The molecule has 1 aromatic carbocycles. The van der Waals surface area contributed by atoms with Crippen LogP contribution in [-0.4, -0.2) is 19.7 Å². The summed E-state index contributed by atoms with van der Waals surface area (Å²) in [6, 6.07) is 9.13. The smallest absolute Gasteiger partial charge is 0.212 e. The molecule has 0 bridgehead atoms. The van der Waals surface area contributed by atoms with Crippen molar-refractivity contribution >= 4 is 10.0 Å². The van der Waals surface area contributed by atoms with Crippen LogP contribution in [0.15, 0.2) is 24.3 Å². The van der Waals surface area contributed by atoms with Gasteiger partial charge in [0.25, 0.3) is 0 Å². The first-order chi connectivity index (χ1) is 11.9. The summed E-state index contributed by atoms with van der Waals surface area (Å²) >= 11 is 0. The normalized spacial score (nSPS) is 21.6. The first kappa shape index (κ1) is 20.4. The maximum absolute atomic E-state index is 12.2. The molecule has 4 heteroatoms. The molecule has 1 aliphatic rings. The molecule has 0 saturated heterocycles. The Kier molecular flexibility index (Phi) is 7.95. The lowest BCUT2D eigenvalue weighted by molar-refractivity contribution is 0.274. The molecular formula is C21H35NO2S. The average molecular weight is 366 g/mol. The van der Waals surface area contributed by atoms with Gasteiger partial charge in [-0.3, -0.25) is 0 Å². The Hall–Kier alpha value is -0.870. The maximum atomic E-state index is 12.2. The van der Waals surface area contributed by atoms with Crippen molar-refractivity contribution in [1.29, 1.82) is 0 Å². The molecule has 25 heavy (non-hydrogen) atoms. The van der Waals surface area contributed by atoms with E-state index in [-0.39, 0.29) is 11.3 Å². The molecule has 2 unspecified atom stereocenters. The second-order valence-corrected chi connectivity index (χ2v) is 10.1. The van der Waals surface area contributed by atoms with Gasteiger partial charge in [-0.1, -0.05) is 50.5 Å². The van der Waals surface area contributed by atoms with E-state index in [1.807, 2.05) is 0 Å². The van der Waals surface area contributed by atoms with Gasteiger partial charge in [-0.25, -0.2) is 13.1 Å². The van der Waals surface area contributed by atoms with E-state index < -0.39 is 10.0 Å². The van der Waals surface area contributed by atoms with Gasteiger partial charge in [-0.15, -0.1) is 0 Å². The van der Waals surface area contributed by atoms with Gasteiger partial charge < -0.3 is 0 Å². The predicted octanol–water partition coefficient (Wildman–Crippen LogP) is 4.85. The molecule has 142 valence electrons. The Morgan fingerprint density at radius 1 is 1.04 bits per heavy atom. The van der Waals surface area contributed by atoms with Crippen LogP contribution in [0.4, 0.5) is 0 Å². The second-order valence-electron chi connectivity index (χ2n) is 7.82. The second kappa shape index (κ2) is 9.72. The van der Waals surface area contributed by atoms with Crippen molar-refractivity contribution in [3.05, 3.63) is 35.4 Å². The quantitative estimate of drug-likeness (QED) is 0.680. The topological polar surface area (TPSA) is 46.2 Å². The first-order valence-electron chi connectivity index (χ1n) is 10.0. The minimum Gasteiger partial charge on any atom is -0.212 e. The van der Waals surface area contributed by atoms with Gasteiger partial charge in [-0.2, -0.15) is 0 Å². The number of benzene rings is 1. The van der Waals surface area contributed by atoms with Crippen molar-refractivity contribution in [2.45, 2.75) is 89.9 Å². The Balaban J connectivity index is 1.90. The third-order valence-electron chi connectivity index (χ3n) is 5.49. The summed E-state index contributed by atoms with van der Waals surface area (Å²) in [7, 11) is -3.18. The van der Waals surface area contributed by atoms with Crippen molar-refractivity contribution < 1.29 is 8.42 Å². The molecule has 0 radical (unpaired) electrons.